The number of rotatable bonds is 4. The molecule has 9 nitrogen and oxygen atoms in total. The summed E-state index contributed by atoms with van der Waals surface area (Å²) in [6.45, 7) is -0.512. The molecule has 5 atom stereocenters. The highest BCUT2D eigenvalue weighted by atomic mass is 16.6. The third kappa shape index (κ3) is 3.19. The van der Waals surface area contributed by atoms with E-state index >= 15 is 0 Å². The topological polar surface area (TPSA) is 141 Å². The van der Waals surface area contributed by atoms with Crippen molar-refractivity contribution in [2.45, 2.75) is 30.6 Å². The Balaban J connectivity index is 1.73. The van der Waals surface area contributed by atoms with Gasteiger partial charge in [-0.25, -0.2) is 0 Å². The molecule has 2 aromatic rings. The minimum atomic E-state index is -1.48. The quantitative estimate of drug-likeness (QED) is 0.476. The second-order valence-electron chi connectivity index (χ2n) is 5.17. The number of aliphatic hydroxyl groups is 4. The fraction of sp³-hybridized carbons (Fsp3) is 0.429. The number of nitrogens with one attached hydrogen (secondary N) is 1. The summed E-state index contributed by atoms with van der Waals surface area (Å²) >= 11 is 0. The molecule has 23 heavy (non-hydrogen) atoms. The van der Waals surface area contributed by atoms with Gasteiger partial charge in [0.1, 0.15) is 24.4 Å². The Labute approximate surface area is 131 Å². The molecule has 0 aliphatic carbocycles. The van der Waals surface area contributed by atoms with Crippen LogP contribution < -0.4 is 5.32 Å². The lowest BCUT2D eigenvalue weighted by molar-refractivity contribution is -0.222. The van der Waals surface area contributed by atoms with Crippen LogP contribution in [0.15, 0.2) is 34.7 Å². The van der Waals surface area contributed by atoms with E-state index in [1.165, 1.54) is 0 Å². The molecular weight excluding hydrogens is 306 g/mol. The second-order valence-corrected chi connectivity index (χ2v) is 5.17. The van der Waals surface area contributed by atoms with E-state index in [1.54, 1.807) is 12.1 Å². The van der Waals surface area contributed by atoms with Crippen molar-refractivity contribution in [2.24, 2.45) is 0 Å². The van der Waals surface area contributed by atoms with E-state index in [-0.39, 0.29) is 11.9 Å². The van der Waals surface area contributed by atoms with Crippen LogP contribution >= 0.6 is 0 Å². The normalized spacial score (nSPS) is 31.0. The number of hydrogen-bond acceptors (Lipinski definition) is 9. The third-order valence-electron chi connectivity index (χ3n) is 3.60. The van der Waals surface area contributed by atoms with Crippen LogP contribution in [-0.2, 0) is 4.74 Å². The predicted octanol–water partition coefficient (Wildman–Crippen LogP) is -1.05. The molecule has 0 bridgehead atoms. The van der Waals surface area contributed by atoms with E-state index in [1.807, 2.05) is 18.2 Å². The highest BCUT2D eigenvalue weighted by Crippen LogP contribution is 2.24. The van der Waals surface area contributed by atoms with Gasteiger partial charge < -0.3 is 34.9 Å². The van der Waals surface area contributed by atoms with Crippen molar-refractivity contribution in [1.29, 1.82) is 0 Å². The van der Waals surface area contributed by atoms with Gasteiger partial charge in [0.25, 0.3) is 0 Å². The van der Waals surface area contributed by atoms with Crippen LogP contribution in [0.5, 0.6) is 0 Å². The van der Waals surface area contributed by atoms with Crippen LogP contribution in [0, 0.1) is 0 Å². The number of hydrogen-bond donors (Lipinski definition) is 5. The molecule has 0 radical (unpaired) electrons. The van der Waals surface area contributed by atoms with Gasteiger partial charge in [-0.1, -0.05) is 23.3 Å². The van der Waals surface area contributed by atoms with Gasteiger partial charge in [-0.05, 0) is 12.1 Å². The second kappa shape index (κ2) is 6.60. The van der Waals surface area contributed by atoms with Crippen LogP contribution in [0.4, 0.5) is 6.01 Å². The molecule has 2 heterocycles. The summed E-state index contributed by atoms with van der Waals surface area (Å²) in [4.78, 5) is 0. The fourth-order valence-corrected chi connectivity index (χ4v) is 2.32. The number of anilines is 1. The minimum Gasteiger partial charge on any atom is -0.403 e. The molecule has 1 aliphatic heterocycles. The number of aromatic nitrogens is 2. The Kier molecular flexibility index (Phi) is 4.55. The zero-order chi connectivity index (χ0) is 16.4. The standard InChI is InChI=1S/C14H17N3O6/c18-6-8-9(19)10(20)11(21)13(22-8)15-14-17-16-12(23-14)7-4-2-1-3-5-7/h1-5,8-11,13,18-21H,6H2,(H,15,17)/t8-,9-,10+,11-,13-/m1/s1. The van der Waals surface area contributed by atoms with Gasteiger partial charge >= 0.3 is 6.01 Å². The number of nitrogens with zero attached hydrogens (tertiary/aromatic N) is 2. The molecule has 5 N–H and O–H groups in total. The van der Waals surface area contributed by atoms with Gasteiger partial charge in [-0.3, -0.25) is 0 Å². The number of aliphatic hydroxyl groups excluding tert-OH is 4. The minimum absolute atomic E-state index is 0.0202. The summed E-state index contributed by atoms with van der Waals surface area (Å²) in [5.41, 5.74) is 0.724. The van der Waals surface area contributed by atoms with E-state index in [9.17, 15) is 15.3 Å². The number of ether oxygens (including phenoxy) is 1. The Morgan fingerprint density at radius 3 is 2.43 bits per heavy atom. The van der Waals surface area contributed by atoms with E-state index in [0.29, 0.717) is 0 Å². The van der Waals surface area contributed by atoms with Gasteiger partial charge in [-0.15, -0.1) is 5.10 Å². The van der Waals surface area contributed by atoms with Crippen molar-refractivity contribution >= 4 is 6.01 Å². The maximum absolute atomic E-state index is 9.94. The molecule has 0 amide bonds. The largest absolute Gasteiger partial charge is 0.403 e. The smallest absolute Gasteiger partial charge is 0.317 e. The monoisotopic (exact) mass is 323 g/mol. The van der Waals surface area contributed by atoms with Gasteiger partial charge in [0.2, 0.25) is 5.89 Å². The first kappa shape index (κ1) is 15.8. The summed E-state index contributed by atoms with van der Waals surface area (Å²) in [6, 6.07) is 9.07. The third-order valence-corrected chi connectivity index (χ3v) is 3.60. The highest BCUT2D eigenvalue weighted by Gasteiger charge is 2.43. The molecule has 1 saturated heterocycles. The predicted molar refractivity (Wildman–Crippen MR) is 77.1 cm³/mol. The summed E-state index contributed by atoms with van der Waals surface area (Å²) in [5.74, 6) is 0.276. The summed E-state index contributed by atoms with van der Waals surface area (Å²) in [5, 5.41) is 48.8. The first-order valence-electron chi connectivity index (χ1n) is 7.06. The average molecular weight is 323 g/mol. The van der Waals surface area contributed by atoms with E-state index < -0.39 is 37.3 Å². The fourth-order valence-electron chi connectivity index (χ4n) is 2.32. The van der Waals surface area contributed by atoms with Crippen LogP contribution in [0.2, 0.25) is 0 Å². The highest BCUT2D eigenvalue weighted by molar-refractivity contribution is 5.52. The van der Waals surface area contributed by atoms with Crippen LogP contribution in [-0.4, -0.2) is 67.9 Å². The number of benzene rings is 1. The molecular formula is C14H17N3O6. The van der Waals surface area contributed by atoms with Crippen LogP contribution in [0.1, 0.15) is 0 Å². The lowest BCUT2D eigenvalue weighted by atomic mass is 9.98. The molecule has 0 spiro atoms. The zero-order valence-electron chi connectivity index (χ0n) is 12.0. The van der Waals surface area contributed by atoms with Crippen molar-refractivity contribution in [3.8, 4) is 11.5 Å². The summed E-state index contributed by atoms with van der Waals surface area (Å²) in [7, 11) is 0. The van der Waals surface area contributed by atoms with E-state index in [4.69, 9.17) is 14.3 Å². The van der Waals surface area contributed by atoms with E-state index in [2.05, 4.69) is 15.5 Å². The van der Waals surface area contributed by atoms with Crippen LogP contribution in [0.25, 0.3) is 11.5 Å². The zero-order valence-corrected chi connectivity index (χ0v) is 12.0. The van der Waals surface area contributed by atoms with Crippen molar-refractivity contribution in [1.82, 2.24) is 10.2 Å². The Bertz CT molecular complexity index is 634. The van der Waals surface area contributed by atoms with Crippen LogP contribution in [0.3, 0.4) is 0 Å². The Morgan fingerprint density at radius 2 is 1.74 bits per heavy atom. The molecule has 9 heteroatoms. The molecule has 1 aromatic heterocycles. The summed E-state index contributed by atoms with van der Waals surface area (Å²) < 4.78 is 10.7. The molecule has 0 saturated carbocycles. The van der Waals surface area contributed by atoms with Gasteiger partial charge in [0.05, 0.1) is 6.61 Å². The first-order chi connectivity index (χ1) is 11.1. The maximum Gasteiger partial charge on any atom is 0.317 e. The van der Waals surface area contributed by atoms with Gasteiger partial charge in [0.15, 0.2) is 6.23 Å². The van der Waals surface area contributed by atoms with Crippen molar-refractivity contribution in [3.05, 3.63) is 30.3 Å². The van der Waals surface area contributed by atoms with Crippen molar-refractivity contribution in [3.63, 3.8) is 0 Å². The van der Waals surface area contributed by atoms with E-state index in [0.717, 1.165) is 5.56 Å². The lowest BCUT2D eigenvalue weighted by Crippen LogP contribution is -2.60. The molecule has 1 aromatic carbocycles. The average Bonchev–Trinajstić information content (AvgIpc) is 3.05. The van der Waals surface area contributed by atoms with Gasteiger partial charge in [-0.2, -0.15) is 0 Å². The Morgan fingerprint density at radius 1 is 1.00 bits per heavy atom. The molecule has 1 fully saturated rings. The first-order valence-corrected chi connectivity index (χ1v) is 7.06. The molecule has 3 rings (SSSR count). The molecule has 124 valence electrons. The molecule has 1 aliphatic rings. The lowest BCUT2D eigenvalue weighted by Gasteiger charge is -2.39. The molecule has 0 unspecified atom stereocenters. The Hall–Kier alpha value is -2.04. The van der Waals surface area contributed by atoms with Gasteiger partial charge in [0, 0.05) is 5.56 Å². The van der Waals surface area contributed by atoms with Crippen molar-refractivity contribution < 1.29 is 29.6 Å². The summed E-state index contributed by atoms with van der Waals surface area (Å²) in [6.07, 6.45) is -6.46. The maximum atomic E-state index is 9.94. The van der Waals surface area contributed by atoms with Crippen molar-refractivity contribution in [2.75, 3.05) is 11.9 Å². The SMILES string of the molecule is OC[C@H]1O[C@@H](Nc2nnc(-c3ccccc3)o2)[C@H](O)[C@@H](O)[C@@H]1O.